The molecule has 1 amide bonds. The molecular formula is C24H24F2N4O3S. The molecular weight excluding hydrogens is 462 g/mol. The van der Waals surface area contributed by atoms with E-state index in [0.29, 0.717) is 30.0 Å². The fourth-order valence-corrected chi connectivity index (χ4v) is 4.77. The van der Waals surface area contributed by atoms with Crippen molar-refractivity contribution in [1.29, 1.82) is 5.26 Å². The number of amides is 1. The van der Waals surface area contributed by atoms with Gasteiger partial charge in [0, 0.05) is 36.4 Å². The molecule has 1 fully saturated rings. The molecule has 0 radical (unpaired) electrons. The number of imidazole rings is 1. The Hall–Kier alpha value is -3.32. The molecule has 178 valence electrons. The molecule has 3 heterocycles. The number of halogens is 2. The molecule has 1 aliphatic heterocycles. The summed E-state index contributed by atoms with van der Waals surface area (Å²) < 4.78 is 38.7. The average molecular weight is 487 g/mol. The van der Waals surface area contributed by atoms with Gasteiger partial charge in [-0.15, -0.1) is 0 Å². The predicted octanol–water partition coefficient (Wildman–Crippen LogP) is 4.60. The van der Waals surface area contributed by atoms with Gasteiger partial charge in [0.1, 0.15) is 22.7 Å². The molecule has 7 nitrogen and oxygen atoms in total. The third-order valence-corrected chi connectivity index (χ3v) is 6.77. The molecule has 0 bridgehead atoms. The third-order valence-electron chi connectivity index (χ3n) is 5.82. The van der Waals surface area contributed by atoms with Crippen LogP contribution in [0.15, 0.2) is 36.7 Å². The van der Waals surface area contributed by atoms with Crippen LogP contribution in [-0.2, 0) is 5.41 Å². The van der Waals surface area contributed by atoms with Gasteiger partial charge in [0.2, 0.25) is 0 Å². The number of rotatable bonds is 6. The van der Waals surface area contributed by atoms with Gasteiger partial charge in [-0.3, -0.25) is 9.20 Å². The van der Waals surface area contributed by atoms with E-state index in [9.17, 15) is 18.8 Å². The Kier molecular flexibility index (Phi) is 6.66. The smallest absolute Gasteiger partial charge is 0.387 e. The van der Waals surface area contributed by atoms with Crippen molar-refractivity contribution in [3.63, 3.8) is 0 Å². The second-order valence-corrected chi connectivity index (χ2v) is 9.58. The summed E-state index contributed by atoms with van der Waals surface area (Å²) in [6, 6.07) is 8.94. The van der Waals surface area contributed by atoms with Crippen LogP contribution < -0.4 is 9.47 Å². The summed E-state index contributed by atoms with van der Waals surface area (Å²) in [5, 5.41) is 9.43. The first-order chi connectivity index (χ1) is 16.2. The van der Waals surface area contributed by atoms with E-state index in [-0.39, 0.29) is 17.1 Å². The Morgan fingerprint density at radius 1 is 1.24 bits per heavy atom. The Labute approximate surface area is 200 Å². The largest absolute Gasteiger partial charge is 0.496 e. The highest BCUT2D eigenvalue weighted by Crippen LogP contribution is 2.38. The second-order valence-electron chi connectivity index (χ2n) is 8.36. The lowest BCUT2D eigenvalue weighted by Crippen LogP contribution is -2.38. The van der Waals surface area contributed by atoms with Crippen molar-refractivity contribution in [3.05, 3.63) is 47.8 Å². The maximum absolute atomic E-state index is 13.3. The van der Waals surface area contributed by atoms with Gasteiger partial charge in [-0.2, -0.15) is 25.8 Å². The van der Waals surface area contributed by atoms with Crippen molar-refractivity contribution >= 4 is 23.3 Å². The molecule has 0 N–H and O–H groups in total. The lowest BCUT2D eigenvalue weighted by atomic mass is 9.87. The summed E-state index contributed by atoms with van der Waals surface area (Å²) in [4.78, 5) is 19.3. The number of methoxy groups -OCH3 is 1. The van der Waals surface area contributed by atoms with Gasteiger partial charge < -0.3 is 14.4 Å². The van der Waals surface area contributed by atoms with Gasteiger partial charge in [0.25, 0.3) is 5.91 Å². The molecule has 1 saturated heterocycles. The summed E-state index contributed by atoms with van der Waals surface area (Å²) in [7, 11) is 1.39. The minimum absolute atomic E-state index is 0.0228. The fourth-order valence-electron chi connectivity index (χ4n) is 3.87. The highest BCUT2D eigenvalue weighted by Gasteiger charge is 2.28. The van der Waals surface area contributed by atoms with E-state index < -0.39 is 17.9 Å². The molecule has 2 aromatic heterocycles. The lowest BCUT2D eigenvalue weighted by molar-refractivity contribution is -0.0503. The number of carbonyl (C=O) groups is 1. The topological polar surface area (TPSA) is 79.9 Å². The third kappa shape index (κ3) is 4.53. The van der Waals surface area contributed by atoms with Crippen molar-refractivity contribution in [2.75, 3.05) is 31.7 Å². The zero-order chi connectivity index (χ0) is 24.5. The SMILES string of the molecule is COc1cc(-c2cnc3cc(C(C)(C)C#N)ccn23)cc(OC(F)F)c1C(=O)N1CCSCC1. The molecule has 3 aromatic rings. The summed E-state index contributed by atoms with van der Waals surface area (Å²) in [6.07, 6.45) is 3.37. The van der Waals surface area contributed by atoms with Gasteiger partial charge in [0.05, 0.1) is 30.5 Å². The zero-order valence-corrected chi connectivity index (χ0v) is 19.9. The van der Waals surface area contributed by atoms with Gasteiger partial charge >= 0.3 is 6.61 Å². The van der Waals surface area contributed by atoms with E-state index in [4.69, 9.17) is 9.47 Å². The average Bonchev–Trinajstić information content (AvgIpc) is 3.26. The highest BCUT2D eigenvalue weighted by molar-refractivity contribution is 7.99. The number of pyridine rings is 1. The number of fused-ring (bicyclic) bond motifs is 1. The number of alkyl halides is 2. The summed E-state index contributed by atoms with van der Waals surface area (Å²) >= 11 is 1.74. The fraction of sp³-hybridized carbons (Fsp3) is 0.375. The number of nitrogens with zero attached hydrogens (tertiary/aromatic N) is 4. The zero-order valence-electron chi connectivity index (χ0n) is 19.0. The van der Waals surface area contributed by atoms with Crippen LogP contribution >= 0.6 is 11.8 Å². The molecule has 10 heteroatoms. The number of carbonyl (C=O) groups excluding carboxylic acids is 1. The summed E-state index contributed by atoms with van der Waals surface area (Å²) in [6.45, 7) is 1.58. The van der Waals surface area contributed by atoms with Crippen LogP contribution in [0.25, 0.3) is 16.9 Å². The minimum Gasteiger partial charge on any atom is -0.496 e. The lowest BCUT2D eigenvalue weighted by Gasteiger charge is -2.28. The molecule has 1 aromatic carbocycles. The molecule has 0 atom stereocenters. The van der Waals surface area contributed by atoms with Crippen LogP contribution in [0.4, 0.5) is 8.78 Å². The van der Waals surface area contributed by atoms with Crippen LogP contribution in [0.5, 0.6) is 11.5 Å². The molecule has 1 aliphatic rings. The first-order valence-corrected chi connectivity index (χ1v) is 11.8. The van der Waals surface area contributed by atoms with E-state index in [1.807, 2.05) is 26.0 Å². The molecule has 0 unspecified atom stereocenters. The molecule has 4 rings (SSSR count). The molecule has 34 heavy (non-hydrogen) atoms. The van der Waals surface area contributed by atoms with E-state index in [1.54, 1.807) is 39.5 Å². The van der Waals surface area contributed by atoms with Crippen LogP contribution in [-0.4, -0.2) is 58.5 Å². The normalized spacial score (nSPS) is 14.3. The summed E-state index contributed by atoms with van der Waals surface area (Å²) in [5.41, 5.74) is 1.78. The number of hydrogen-bond acceptors (Lipinski definition) is 6. The van der Waals surface area contributed by atoms with Crippen molar-refractivity contribution < 1.29 is 23.0 Å². The number of nitriles is 1. The van der Waals surface area contributed by atoms with Crippen LogP contribution in [0.1, 0.15) is 29.8 Å². The first kappa shape index (κ1) is 23.8. The van der Waals surface area contributed by atoms with Crippen LogP contribution in [0.3, 0.4) is 0 Å². The molecule has 0 saturated carbocycles. The minimum atomic E-state index is -3.11. The van der Waals surface area contributed by atoms with Crippen molar-refractivity contribution in [1.82, 2.24) is 14.3 Å². The number of hydrogen-bond donors (Lipinski definition) is 0. The Morgan fingerprint density at radius 2 is 1.94 bits per heavy atom. The van der Waals surface area contributed by atoms with E-state index in [2.05, 4.69) is 11.1 Å². The van der Waals surface area contributed by atoms with Gasteiger partial charge in [-0.25, -0.2) is 4.98 Å². The second kappa shape index (κ2) is 9.50. The maximum atomic E-state index is 13.3. The standard InChI is InChI=1S/C24H24F2N4O3S/c1-24(2,14-27)16-4-5-30-17(13-28-20(30)12-16)15-10-18(32-3)21(19(11-15)33-23(25)26)22(31)29-6-8-34-9-7-29/h4-5,10-13,23H,6-9H2,1-3H3. The van der Waals surface area contributed by atoms with E-state index >= 15 is 0 Å². The van der Waals surface area contributed by atoms with E-state index in [0.717, 1.165) is 17.1 Å². The number of ether oxygens (including phenoxy) is 2. The summed E-state index contributed by atoms with van der Waals surface area (Å²) in [5.74, 6) is 1.06. The Balaban J connectivity index is 1.82. The number of aromatic nitrogens is 2. The van der Waals surface area contributed by atoms with E-state index in [1.165, 1.54) is 13.2 Å². The highest BCUT2D eigenvalue weighted by atomic mass is 32.2. The maximum Gasteiger partial charge on any atom is 0.387 e. The number of thioether (sulfide) groups is 1. The van der Waals surface area contributed by atoms with Gasteiger partial charge in [0.15, 0.2) is 0 Å². The van der Waals surface area contributed by atoms with Crippen LogP contribution in [0.2, 0.25) is 0 Å². The predicted molar refractivity (Wildman–Crippen MR) is 126 cm³/mol. The first-order valence-electron chi connectivity index (χ1n) is 10.7. The number of benzene rings is 1. The molecule has 0 spiro atoms. The molecule has 0 aliphatic carbocycles. The van der Waals surface area contributed by atoms with Crippen molar-refractivity contribution in [2.24, 2.45) is 0 Å². The van der Waals surface area contributed by atoms with Gasteiger partial charge in [-0.05, 0) is 43.7 Å². The van der Waals surface area contributed by atoms with Crippen LogP contribution in [0, 0.1) is 11.3 Å². The van der Waals surface area contributed by atoms with Crippen molar-refractivity contribution in [2.45, 2.75) is 25.9 Å². The quantitative estimate of drug-likeness (QED) is 0.507. The monoisotopic (exact) mass is 486 g/mol. The van der Waals surface area contributed by atoms with Crippen molar-refractivity contribution in [3.8, 4) is 28.8 Å². The Bertz CT molecular complexity index is 1260. The Morgan fingerprint density at radius 3 is 2.59 bits per heavy atom. The van der Waals surface area contributed by atoms with Gasteiger partial charge in [-0.1, -0.05) is 0 Å².